The summed E-state index contributed by atoms with van der Waals surface area (Å²) in [6, 6.07) is 4.03. The quantitative estimate of drug-likeness (QED) is 0.131. The number of terminal acetylenes is 1. The summed E-state index contributed by atoms with van der Waals surface area (Å²) in [5.41, 5.74) is 2.80. The van der Waals surface area contributed by atoms with E-state index >= 15 is 0 Å². The van der Waals surface area contributed by atoms with E-state index in [9.17, 15) is 0 Å². The first-order valence-electron chi connectivity index (χ1n) is 11.1. The van der Waals surface area contributed by atoms with Gasteiger partial charge in [-0.25, -0.2) is 0 Å². The molecule has 0 radical (unpaired) electrons. The van der Waals surface area contributed by atoms with Crippen LogP contribution >= 0.6 is 0 Å². The van der Waals surface area contributed by atoms with Crippen molar-refractivity contribution in [2.75, 3.05) is 52.4 Å². The van der Waals surface area contributed by atoms with Gasteiger partial charge in [-0.2, -0.15) is 0 Å². The van der Waals surface area contributed by atoms with E-state index in [1.807, 2.05) is 42.5 Å². The molecule has 0 atom stereocenters. The Hall–Kier alpha value is -3.78. The van der Waals surface area contributed by atoms with Crippen LogP contribution < -0.4 is 14.4 Å². The summed E-state index contributed by atoms with van der Waals surface area (Å²) in [6.07, 6.45) is 17.9. The minimum absolute atomic E-state index is 0.628. The Bertz CT molecular complexity index is 892. The fourth-order valence-electron chi connectivity index (χ4n) is 3.55. The van der Waals surface area contributed by atoms with Crippen LogP contribution in [0.15, 0.2) is 86.4 Å². The summed E-state index contributed by atoms with van der Waals surface area (Å²) in [5.74, 6) is 4.90. The van der Waals surface area contributed by atoms with Crippen molar-refractivity contribution in [3.8, 4) is 23.8 Å². The summed E-state index contributed by atoms with van der Waals surface area (Å²) >= 11 is 0. The van der Waals surface area contributed by atoms with E-state index in [4.69, 9.17) is 20.6 Å². The molecule has 0 saturated carbocycles. The van der Waals surface area contributed by atoms with E-state index in [0.717, 1.165) is 34.2 Å². The van der Waals surface area contributed by atoms with Crippen LogP contribution in [0.25, 0.3) is 0 Å². The number of rotatable bonds is 17. The van der Waals surface area contributed by atoms with Gasteiger partial charge in [0.15, 0.2) is 0 Å². The molecule has 0 saturated heterocycles. The summed E-state index contributed by atoms with van der Waals surface area (Å²) in [7, 11) is 4.98. The third-order valence-corrected chi connectivity index (χ3v) is 5.14. The molecule has 0 unspecified atom stereocenters. The fraction of sp³-hybridized carbons (Fsp3) is 0.310. The molecule has 1 aromatic carbocycles. The van der Waals surface area contributed by atoms with E-state index in [-0.39, 0.29) is 0 Å². The van der Waals surface area contributed by atoms with E-state index in [0.29, 0.717) is 39.0 Å². The Morgan fingerprint density at radius 2 is 1.44 bits per heavy atom. The number of nitrogens with zero attached hydrogens (tertiary/aromatic N) is 2. The van der Waals surface area contributed by atoms with Gasteiger partial charge >= 0.3 is 0 Å². The van der Waals surface area contributed by atoms with Crippen LogP contribution in [0.5, 0.6) is 11.5 Å². The fourth-order valence-corrected chi connectivity index (χ4v) is 3.55. The molecule has 0 fully saturated rings. The molecule has 1 aromatic rings. The van der Waals surface area contributed by atoms with Gasteiger partial charge in [-0.05, 0) is 12.5 Å². The van der Waals surface area contributed by atoms with Crippen LogP contribution in [-0.4, -0.2) is 52.4 Å². The molecule has 0 amide bonds. The van der Waals surface area contributed by atoms with Crippen LogP contribution in [0.1, 0.15) is 12.0 Å². The van der Waals surface area contributed by atoms with Crippen molar-refractivity contribution in [2.24, 2.45) is 0 Å². The van der Waals surface area contributed by atoms with Crippen LogP contribution in [0.2, 0.25) is 0 Å². The van der Waals surface area contributed by atoms with Gasteiger partial charge in [0.25, 0.3) is 0 Å². The van der Waals surface area contributed by atoms with Crippen LogP contribution in [-0.2, 0) is 11.2 Å². The van der Waals surface area contributed by atoms with E-state index in [2.05, 4.69) is 42.0 Å². The Balaban J connectivity index is 3.30. The molecule has 0 heterocycles. The van der Waals surface area contributed by atoms with Crippen LogP contribution in [0, 0.1) is 12.3 Å². The molecule has 34 heavy (non-hydrogen) atoms. The highest BCUT2D eigenvalue weighted by Crippen LogP contribution is 2.36. The topological polar surface area (TPSA) is 34.2 Å². The minimum atomic E-state index is 0.628. The summed E-state index contributed by atoms with van der Waals surface area (Å²) in [6.45, 7) is 18.0. The van der Waals surface area contributed by atoms with E-state index in [1.54, 1.807) is 27.4 Å². The minimum Gasteiger partial charge on any atom is -0.501 e. The van der Waals surface area contributed by atoms with Crippen LogP contribution in [0.4, 0.5) is 5.69 Å². The first kappa shape index (κ1) is 28.3. The smallest absolute Gasteiger partial charge is 0.127 e. The lowest BCUT2D eigenvalue weighted by atomic mass is 10.0. The first-order chi connectivity index (χ1) is 16.5. The van der Waals surface area contributed by atoms with Crippen molar-refractivity contribution in [1.29, 1.82) is 0 Å². The molecule has 0 aliphatic rings. The van der Waals surface area contributed by atoms with Crippen molar-refractivity contribution < 1.29 is 14.2 Å². The molecular weight excluding hydrogens is 424 g/mol. The Morgan fingerprint density at radius 1 is 0.912 bits per heavy atom. The second-order valence-electron chi connectivity index (χ2n) is 7.34. The monoisotopic (exact) mass is 462 g/mol. The lowest BCUT2D eigenvalue weighted by Gasteiger charge is -2.25. The number of hydrogen-bond acceptors (Lipinski definition) is 5. The third kappa shape index (κ3) is 8.29. The van der Waals surface area contributed by atoms with Gasteiger partial charge in [0.2, 0.25) is 0 Å². The Kier molecular flexibility index (Phi) is 13.2. The molecule has 0 aromatic heterocycles. The van der Waals surface area contributed by atoms with Gasteiger partial charge in [0.05, 0.1) is 27.1 Å². The zero-order valence-electron chi connectivity index (χ0n) is 20.9. The lowest BCUT2D eigenvalue weighted by molar-refractivity contribution is 0.273. The van der Waals surface area contributed by atoms with Crippen molar-refractivity contribution in [3.05, 3.63) is 91.9 Å². The van der Waals surface area contributed by atoms with Gasteiger partial charge in [-0.15, -0.1) is 32.7 Å². The molecule has 5 nitrogen and oxygen atoms in total. The highest BCUT2D eigenvalue weighted by atomic mass is 16.5. The molecular formula is C29H38N2O3. The first-order valence-corrected chi connectivity index (χ1v) is 11.1. The molecule has 0 bridgehead atoms. The van der Waals surface area contributed by atoms with Crippen molar-refractivity contribution in [3.63, 3.8) is 0 Å². The van der Waals surface area contributed by atoms with Gasteiger partial charge in [-0.1, -0.05) is 30.2 Å². The van der Waals surface area contributed by atoms with Crippen molar-refractivity contribution >= 4 is 5.69 Å². The SMILES string of the molecule is C#C/C=C(\C=C(/CCc1c(OC)cc(N(CC=C)CC=C)cc1OC)OC)N(CC=C)CC=C. The number of hydrogen-bond donors (Lipinski definition) is 0. The largest absolute Gasteiger partial charge is 0.501 e. The maximum Gasteiger partial charge on any atom is 0.127 e. The normalized spacial score (nSPS) is 11.1. The highest BCUT2D eigenvalue weighted by molar-refractivity contribution is 5.61. The lowest BCUT2D eigenvalue weighted by Crippen LogP contribution is -2.23. The Labute approximate surface area is 206 Å². The van der Waals surface area contributed by atoms with E-state index in [1.165, 1.54) is 0 Å². The van der Waals surface area contributed by atoms with Gasteiger partial charge < -0.3 is 24.0 Å². The molecule has 0 aliphatic heterocycles. The zero-order chi connectivity index (χ0) is 25.3. The molecule has 5 heteroatoms. The molecule has 1 rings (SSSR count). The second-order valence-corrected chi connectivity index (χ2v) is 7.34. The molecule has 0 aliphatic carbocycles. The number of benzene rings is 1. The average molecular weight is 463 g/mol. The molecule has 0 spiro atoms. The average Bonchev–Trinajstić information content (AvgIpc) is 2.85. The highest BCUT2D eigenvalue weighted by Gasteiger charge is 2.16. The maximum absolute atomic E-state index is 5.74. The molecule has 0 N–H and O–H groups in total. The summed E-state index contributed by atoms with van der Waals surface area (Å²) in [4.78, 5) is 4.21. The third-order valence-electron chi connectivity index (χ3n) is 5.14. The standard InChI is InChI=1S/C29H38N2O3/c1-9-14-24(30(17-10-2)18-11-3)21-26(32-6)15-16-27-28(33-7)22-25(23-29(27)34-8)31(19-12-4)20-13-5/h1,10-14,21-23H,2-5,15-20H2,6-8H3/b24-14+,26-21+. The zero-order valence-corrected chi connectivity index (χ0v) is 20.9. The number of anilines is 1. The van der Waals surface area contributed by atoms with Crippen molar-refractivity contribution in [2.45, 2.75) is 12.8 Å². The van der Waals surface area contributed by atoms with Crippen molar-refractivity contribution in [1.82, 2.24) is 4.90 Å². The summed E-state index contributed by atoms with van der Waals surface area (Å²) < 4.78 is 17.2. The number of methoxy groups -OCH3 is 3. The number of allylic oxidation sites excluding steroid dienone is 3. The van der Waals surface area contributed by atoms with Gasteiger partial charge in [0.1, 0.15) is 11.5 Å². The second kappa shape index (κ2) is 15.9. The summed E-state index contributed by atoms with van der Waals surface area (Å²) in [5, 5.41) is 0. The van der Waals surface area contributed by atoms with E-state index < -0.39 is 0 Å². The van der Waals surface area contributed by atoms with Crippen LogP contribution in [0.3, 0.4) is 0 Å². The Morgan fingerprint density at radius 3 is 1.85 bits per heavy atom. The predicted octanol–water partition coefficient (Wildman–Crippen LogP) is 5.54. The van der Waals surface area contributed by atoms with Gasteiger partial charge in [0, 0.05) is 67.8 Å². The van der Waals surface area contributed by atoms with Gasteiger partial charge in [-0.3, -0.25) is 0 Å². The predicted molar refractivity (Wildman–Crippen MR) is 144 cm³/mol. The molecule has 182 valence electrons. The maximum atomic E-state index is 5.74. The number of ether oxygens (including phenoxy) is 3.